The Morgan fingerprint density at radius 2 is 2.20 bits per heavy atom. The second-order valence-electron chi connectivity index (χ2n) is 2.65. The Labute approximate surface area is 60.6 Å². The highest BCUT2D eigenvalue weighted by molar-refractivity contribution is 5.41. The predicted octanol–water partition coefficient (Wildman–Crippen LogP) is 1.79. The number of fused-ring (bicyclic) bond motifs is 2. The van der Waals surface area contributed by atoms with E-state index >= 15 is 0 Å². The van der Waals surface area contributed by atoms with Gasteiger partial charge in [0.2, 0.25) is 0 Å². The minimum atomic E-state index is 1.04. The van der Waals surface area contributed by atoms with Crippen molar-refractivity contribution in [2.45, 2.75) is 12.8 Å². The highest BCUT2D eigenvalue weighted by Gasteiger charge is 2.10. The molecule has 2 bridgehead atoms. The molecular formula is C9H10O. The van der Waals surface area contributed by atoms with Gasteiger partial charge in [0, 0.05) is 0 Å². The van der Waals surface area contributed by atoms with Crippen molar-refractivity contribution in [3.05, 3.63) is 29.3 Å². The first-order valence-corrected chi connectivity index (χ1v) is 3.56. The van der Waals surface area contributed by atoms with Gasteiger partial charge in [0.15, 0.2) is 0 Å². The lowest BCUT2D eigenvalue weighted by Gasteiger charge is -2.00. The molecule has 0 radical (unpaired) electrons. The van der Waals surface area contributed by atoms with Crippen LogP contribution in [-0.2, 0) is 12.8 Å². The number of hydrogen-bond donors (Lipinski definition) is 0. The largest absolute Gasteiger partial charge is 0.496 e. The van der Waals surface area contributed by atoms with E-state index in [4.69, 9.17) is 4.74 Å². The van der Waals surface area contributed by atoms with Gasteiger partial charge in [-0.1, -0.05) is 12.1 Å². The van der Waals surface area contributed by atoms with Gasteiger partial charge < -0.3 is 4.74 Å². The van der Waals surface area contributed by atoms with Crippen LogP contribution in [-0.4, -0.2) is 7.11 Å². The lowest BCUT2D eigenvalue weighted by Crippen LogP contribution is -1.85. The van der Waals surface area contributed by atoms with Crippen molar-refractivity contribution in [1.29, 1.82) is 0 Å². The molecule has 0 spiro atoms. The minimum absolute atomic E-state index is 1.04. The zero-order valence-electron chi connectivity index (χ0n) is 6.05. The molecular weight excluding hydrogens is 124 g/mol. The van der Waals surface area contributed by atoms with Crippen LogP contribution in [0.1, 0.15) is 11.1 Å². The van der Waals surface area contributed by atoms with Crippen LogP contribution in [0.15, 0.2) is 18.2 Å². The summed E-state index contributed by atoms with van der Waals surface area (Å²) in [6.07, 6.45) is 2.35. The van der Waals surface area contributed by atoms with Crippen LogP contribution in [0.3, 0.4) is 0 Å². The normalized spacial score (nSPS) is 13.7. The number of aryl methyl sites for hydroxylation is 2. The summed E-state index contributed by atoms with van der Waals surface area (Å²) >= 11 is 0. The van der Waals surface area contributed by atoms with Gasteiger partial charge in [-0.2, -0.15) is 0 Å². The second kappa shape index (κ2) is 2.01. The molecule has 1 aliphatic carbocycles. The van der Waals surface area contributed by atoms with Gasteiger partial charge >= 0.3 is 0 Å². The number of benzene rings is 1. The maximum absolute atomic E-state index is 5.17. The average Bonchev–Trinajstić information content (AvgIpc) is 2.34. The SMILES string of the molecule is COc1ccc2cc1CC2. The standard InChI is InChI=1S/C9H10O/c1-10-9-5-3-7-2-4-8(9)6-7/h3,5-6H,2,4H2,1H3. The molecule has 52 valence electrons. The van der Waals surface area contributed by atoms with Gasteiger partial charge in [-0.3, -0.25) is 0 Å². The lowest BCUT2D eigenvalue weighted by atomic mass is 10.2. The Morgan fingerprint density at radius 3 is 3.00 bits per heavy atom. The highest BCUT2D eigenvalue weighted by Crippen LogP contribution is 2.26. The Morgan fingerprint density at radius 1 is 1.30 bits per heavy atom. The summed E-state index contributed by atoms with van der Waals surface area (Å²) in [4.78, 5) is 0. The zero-order valence-corrected chi connectivity index (χ0v) is 6.05. The van der Waals surface area contributed by atoms with Gasteiger partial charge in [0.25, 0.3) is 0 Å². The maximum Gasteiger partial charge on any atom is 0.122 e. The molecule has 0 fully saturated rings. The molecule has 0 N–H and O–H groups in total. The van der Waals surface area contributed by atoms with Crippen LogP contribution in [0.5, 0.6) is 5.75 Å². The highest BCUT2D eigenvalue weighted by atomic mass is 16.5. The van der Waals surface area contributed by atoms with Crippen molar-refractivity contribution in [2.24, 2.45) is 0 Å². The van der Waals surface area contributed by atoms with Crippen molar-refractivity contribution >= 4 is 0 Å². The summed E-state index contributed by atoms with van der Waals surface area (Å²) in [6, 6.07) is 6.41. The smallest absolute Gasteiger partial charge is 0.122 e. The van der Waals surface area contributed by atoms with Gasteiger partial charge in [-0.15, -0.1) is 0 Å². The van der Waals surface area contributed by atoms with Crippen molar-refractivity contribution in [1.82, 2.24) is 0 Å². The Kier molecular flexibility index (Phi) is 1.16. The number of methoxy groups -OCH3 is 1. The van der Waals surface area contributed by atoms with E-state index in [-0.39, 0.29) is 0 Å². The van der Waals surface area contributed by atoms with Crippen molar-refractivity contribution in [3.63, 3.8) is 0 Å². The van der Waals surface area contributed by atoms with Crippen LogP contribution in [0, 0.1) is 0 Å². The summed E-state index contributed by atoms with van der Waals surface area (Å²) in [5, 5.41) is 0. The number of ether oxygens (including phenoxy) is 1. The van der Waals surface area contributed by atoms with E-state index in [0.29, 0.717) is 0 Å². The third-order valence-corrected chi connectivity index (χ3v) is 2.03. The molecule has 0 amide bonds. The number of hydrogen-bond acceptors (Lipinski definition) is 1. The minimum Gasteiger partial charge on any atom is -0.496 e. The molecule has 1 aromatic rings. The van der Waals surface area contributed by atoms with E-state index in [1.54, 1.807) is 7.11 Å². The van der Waals surface area contributed by atoms with E-state index in [2.05, 4.69) is 18.2 Å². The molecule has 0 saturated carbocycles. The quantitative estimate of drug-likeness (QED) is 0.569. The van der Waals surface area contributed by atoms with Gasteiger partial charge in [-0.25, -0.2) is 0 Å². The van der Waals surface area contributed by atoms with Crippen LogP contribution >= 0.6 is 0 Å². The third kappa shape index (κ3) is 0.703. The Balaban J connectivity index is 2.50. The zero-order chi connectivity index (χ0) is 6.97. The first-order valence-electron chi connectivity index (χ1n) is 3.56. The maximum atomic E-state index is 5.17. The summed E-state index contributed by atoms with van der Waals surface area (Å²) in [7, 11) is 1.73. The average molecular weight is 134 g/mol. The van der Waals surface area contributed by atoms with Crippen LogP contribution < -0.4 is 4.74 Å². The molecule has 1 aromatic carbocycles. The van der Waals surface area contributed by atoms with Gasteiger partial charge in [-0.05, 0) is 30.0 Å². The fourth-order valence-corrected chi connectivity index (χ4v) is 1.46. The van der Waals surface area contributed by atoms with Crippen molar-refractivity contribution < 1.29 is 4.74 Å². The lowest BCUT2D eigenvalue weighted by molar-refractivity contribution is 0.411. The van der Waals surface area contributed by atoms with Crippen LogP contribution in [0.4, 0.5) is 0 Å². The van der Waals surface area contributed by atoms with E-state index in [0.717, 1.165) is 12.2 Å². The monoisotopic (exact) mass is 134 g/mol. The van der Waals surface area contributed by atoms with E-state index in [1.807, 2.05) is 0 Å². The predicted molar refractivity (Wildman–Crippen MR) is 40.4 cm³/mol. The molecule has 1 aliphatic rings. The molecule has 0 unspecified atom stereocenters. The van der Waals surface area contributed by atoms with Gasteiger partial charge in [0.1, 0.15) is 5.75 Å². The molecule has 0 saturated heterocycles. The summed E-state index contributed by atoms with van der Waals surface area (Å²) in [6.45, 7) is 0. The Bertz CT molecular complexity index is 253. The van der Waals surface area contributed by atoms with Gasteiger partial charge in [0.05, 0.1) is 7.11 Å². The van der Waals surface area contributed by atoms with Crippen LogP contribution in [0.25, 0.3) is 0 Å². The van der Waals surface area contributed by atoms with E-state index < -0.39 is 0 Å². The summed E-state index contributed by atoms with van der Waals surface area (Å²) < 4.78 is 5.17. The molecule has 0 heterocycles. The second-order valence-corrected chi connectivity index (χ2v) is 2.65. The molecule has 1 nitrogen and oxygen atoms in total. The van der Waals surface area contributed by atoms with Crippen molar-refractivity contribution in [2.75, 3.05) is 7.11 Å². The molecule has 2 rings (SSSR count). The molecule has 0 aliphatic heterocycles. The third-order valence-electron chi connectivity index (χ3n) is 2.03. The first-order chi connectivity index (χ1) is 4.90. The fourth-order valence-electron chi connectivity index (χ4n) is 1.46. The topological polar surface area (TPSA) is 9.23 Å². The summed E-state index contributed by atoms with van der Waals surface area (Å²) in [5.74, 6) is 1.04. The first kappa shape index (κ1) is 5.78. The summed E-state index contributed by atoms with van der Waals surface area (Å²) in [5.41, 5.74) is 2.80. The molecule has 1 heteroatoms. The van der Waals surface area contributed by atoms with Crippen molar-refractivity contribution in [3.8, 4) is 5.75 Å². The fraction of sp³-hybridized carbons (Fsp3) is 0.333. The Hall–Kier alpha value is -0.980. The number of rotatable bonds is 1. The molecule has 0 atom stereocenters. The molecule has 10 heavy (non-hydrogen) atoms. The van der Waals surface area contributed by atoms with Crippen LogP contribution in [0.2, 0.25) is 0 Å². The molecule has 0 aromatic heterocycles. The van der Waals surface area contributed by atoms with E-state index in [9.17, 15) is 0 Å². The van der Waals surface area contributed by atoms with E-state index in [1.165, 1.54) is 17.5 Å².